The number of benzene rings is 3. The van der Waals surface area contributed by atoms with Crippen molar-refractivity contribution in [2.45, 2.75) is 32.3 Å². The van der Waals surface area contributed by atoms with Crippen LogP contribution in [0.3, 0.4) is 0 Å². The van der Waals surface area contributed by atoms with Gasteiger partial charge in [0.05, 0.1) is 24.8 Å². The Bertz CT molecular complexity index is 1330. The van der Waals surface area contributed by atoms with Crippen molar-refractivity contribution >= 4 is 22.1 Å². The van der Waals surface area contributed by atoms with E-state index in [0.29, 0.717) is 34.8 Å². The molecule has 3 aromatic rings. The number of nitrogens with one attached hydrogen (secondary N) is 1. The molecule has 0 aliphatic heterocycles. The second-order valence-corrected chi connectivity index (χ2v) is 10.4. The van der Waals surface area contributed by atoms with Crippen molar-refractivity contribution in [1.82, 2.24) is 9.73 Å². The zero-order valence-corrected chi connectivity index (χ0v) is 21.9. The lowest BCUT2D eigenvalue weighted by Gasteiger charge is -2.19. The van der Waals surface area contributed by atoms with Crippen LogP contribution in [0, 0.1) is 20.8 Å². The zero-order valence-electron chi connectivity index (χ0n) is 21.1. The van der Waals surface area contributed by atoms with Gasteiger partial charge in [-0.25, -0.2) is 13.8 Å². The molecule has 1 amide bonds. The second-order valence-electron chi connectivity index (χ2n) is 8.47. The molecule has 36 heavy (non-hydrogen) atoms. The summed E-state index contributed by atoms with van der Waals surface area (Å²) in [5.41, 5.74) is 6.34. The molecule has 0 heterocycles. The lowest BCUT2D eigenvalue weighted by molar-refractivity contribution is -0.121. The molecule has 0 aliphatic carbocycles. The van der Waals surface area contributed by atoms with E-state index in [1.54, 1.807) is 39.2 Å². The first-order valence-electron chi connectivity index (χ1n) is 11.3. The van der Waals surface area contributed by atoms with Gasteiger partial charge in [-0.3, -0.25) is 4.79 Å². The van der Waals surface area contributed by atoms with Crippen LogP contribution in [0.4, 0.5) is 0 Å². The number of amides is 1. The second kappa shape index (κ2) is 11.8. The highest BCUT2D eigenvalue weighted by Crippen LogP contribution is 2.28. The topological polar surface area (TPSA) is 97.3 Å². The number of nitrogens with zero attached hydrogens (tertiary/aromatic N) is 2. The highest BCUT2D eigenvalue weighted by molar-refractivity contribution is 7.89. The molecule has 0 aromatic heterocycles. The number of carbonyl (C=O) groups excluding carboxylic acids is 1. The van der Waals surface area contributed by atoms with E-state index in [4.69, 9.17) is 9.47 Å². The van der Waals surface area contributed by atoms with Gasteiger partial charge in [0, 0.05) is 7.05 Å². The van der Waals surface area contributed by atoms with E-state index < -0.39 is 15.9 Å². The van der Waals surface area contributed by atoms with Crippen molar-refractivity contribution < 1.29 is 22.7 Å². The molecule has 0 atom stereocenters. The quantitative estimate of drug-likeness (QED) is 0.330. The average Bonchev–Trinajstić information content (AvgIpc) is 2.82. The predicted octanol–water partition coefficient (Wildman–Crippen LogP) is 3.97. The van der Waals surface area contributed by atoms with E-state index >= 15 is 0 Å². The molecule has 1 N–H and O–H groups in total. The summed E-state index contributed by atoms with van der Waals surface area (Å²) in [6.45, 7) is 5.43. The number of hydrogen-bond donors (Lipinski definition) is 1. The first-order chi connectivity index (χ1) is 17.1. The van der Waals surface area contributed by atoms with Crippen molar-refractivity contribution in [1.29, 1.82) is 0 Å². The van der Waals surface area contributed by atoms with Crippen molar-refractivity contribution in [3.05, 3.63) is 88.5 Å². The van der Waals surface area contributed by atoms with Gasteiger partial charge in [-0.2, -0.15) is 9.41 Å². The first kappa shape index (κ1) is 26.9. The number of rotatable bonds is 10. The molecule has 0 fully saturated rings. The summed E-state index contributed by atoms with van der Waals surface area (Å²) in [5.74, 6) is 0.543. The van der Waals surface area contributed by atoms with Crippen LogP contribution in [0.15, 0.2) is 70.7 Å². The average molecular weight is 510 g/mol. The Labute approximate surface area is 212 Å². The maximum Gasteiger partial charge on any atom is 0.255 e. The lowest BCUT2D eigenvalue weighted by atomic mass is 10.1. The van der Waals surface area contributed by atoms with Crippen LogP contribution in [-0.2, 0) is 21.4 Å². The molecule has 0 aliphatic rings. The Morgan fingerprint density at radius 3 is 2.31 bits per heavy atom. The van der Waals surface area contributed by atoms with Gasteiger partial charge in [0.2, 0.25) is 10.0 Å². The van der Waals surface area contributed by atoms with Gasteiger partial charge in [-0.1, -0.05) is 48.0 Å². The van der Waals surface area contributed by atoms with Gasteiger partial charge in [0.25, 0.3) is 5.91 Å². The van der Waals surface area contributed by atoms with E-state index in [1.165, 1.54) is 13.3 Å². The largest absolute Gasteiger partial charge is 0.493 e. The van der Waals surface area contributed by atoms with Crippen molar-refractivity contribution in [2.75, 3.05) is 20.7 Å². The molecular weight excluding hydrogens is 478 g/mol. The zero-order chi connectivity index (χ0) is 26.3. The van der Waals surface area contributed by atoms with Gasteiger partial charge in [0.15, 0.2) is 11.5 Å². The van der Waals surface area contributed by atoms with E-state index in [-0.39, 0.29) is 11.4 Å². The molecule has 8 nitrogen and oxygen atoms in total. The van der Waals surface area contributed by atoms with Gasteiger partial charge >= 0.3 is 0 Å². The van der Waals surface area contributed by atoms with Gasteiger partial charge in [-0.05, 0) is 61.2 Å². The molecule has 0 saturated heterocycles. The van der Waals surface area contributed by atoms with Gasteiger partial charge < -0.3 is 9.47 Å². The van der Waals surface area contributed by atoms with Crippen LogP contribution in [0.5, 0.6) is 11.5 Å². The highest BCUT2D eigenvalue weighted by Gasteiger charge is 2.26. The van der Waals surface area contributed by atoms with Crippen molar-refractivity contribution in [3.63, 3.8) is 0 Å². The Hall–Kier alpha value is -3.69. The minimum atomic E-state index is -3.84. The minimum absolute atomic E-state index is 0.216. The van der Waals surface area contributed by atoms with Crippen LogP contribution >= 0.6 is 0 Å². The molecule has 0 unspecified atom stereocenters. The number of hydrogen-bond acceptors (Lipinski definition) is 6. The van der Waals surface area contributed by atoms with Crippen LogP contribution in [0.2, 0.25) is 0 Å². The van der Waals surface area contributed by atoms with E-state index in [0.717, 1.165) is 15.4 Å². The Kier molecular flexibility index (Phi) is 8.84. The fraction of sp³-hybridized carbons (Fsp3) is 0.259. The smallest absolute Gasteiger partial charge is 0.255 e. The van der Waals surface area contributed by atoms with Crippen molar-refractivity contribution in [2.24, 2.45) is 5.10 Å². The molecule has 3 rings (SSSR count). The van der Waals surface area contributed by atoms with E-state index in [9.17, 15) is 13.2 Å². The lowest BCUT2D eigenvalue weighted by Crippen LogP contribution is -2.37. The number of methoxy groups -OCH3 is 1. The number of carbonyl (C=O) groups is 1. The fourth-order valence-electron chi connectivity index (χ4n) is 3.85. The molecule has 0 radical (unpaired) electrons. The predicted molar refractivity (Wildman–Crippen MR) is 140 cm³/mol. The maximum absolute atomic E-state index is 13.0. The molecule has 9 heteroatoms. The normalized spacial score (nSPS) is 11.6. The third-order valence-electron chi connectivity index (χ3n) is 5.47. The third kappa shape index (κ3) is 6.71. The first-order valence-corrected chi connectivity index (χ1v) is 12.8. The number of ether oxygens (including phenoxy) is 2. The summed E-state index contributed by atoms with van der Waals surface area (Å²) >= 11 is 0. The van der Waals surface area contributed by atoms with Crippen LogP contribution < -0.4 is 14.9 Å². The Morgan fingerprint density at radius 1 is 1.00 bits per heavy atom. The molecule has 3 aromatic carbocycles. The number of likely N-dealkylation sites (N-methyl/N-ethyl adjacent to an activating group) is 1. The van der Waals surface area contributed by atoms with Gasteiger partial charge in [0.1, 0.15) is 6.61 Å². The van der Waals surface area contributed by atoms with Gasteiger partial charge in [-0.15, -0.1) is 0 Å². The molecular formula is C27H31N3O5S. The summed E-state index contributed by atoms with van der Waals surface area (Å²) in [4.78, 5) is 12.6. The third-order valence-corrected chi connectivity index (χ3v) is 7.58. The summed E-state index contributed by atoms with van der Waals surface area (Å²) in [5, 5.41) is 3.95. The standard InChI is InChI=1S/C27H31N3O5S/c1-19-13-20(2)27(21(3)14-19)36(32,33)30(4)17-26(31)29-28-16-23-11-12-24(25(15-23)34-5)35-18-22-9-7-6-8-10-22/h6-16H,17-18H2,1-5H3,(H,29,31)/b28-16-. The minimum Gasteiger partial charge on any atom is -0.493 e. The fourth-order valence-corrected chi connectivity index (χ4v) is 5.38. The molecule has 0 bridgehead atoms. The van der Waals surface area contributed by atoms with E-state index in [1.807, 2.05) is 49.4 Å². The monoisotopic (exact) mass is 509 g/mol. The summed E-state index contributed by atoms with van der Waals surface area (Å²) in [7, 11) is -0.924. The Morgan fingerprint density at radius 2 is 1.67 bits per heavy atom. The summed E-state index contributed by atoms with van der Waals surface area (Å²) < 4.78 is 38.4. The highest BCUT2D eigenvalue weighted by atomic mass is 32.2. The SMILES string of the molecule is COc1cc(/C=N\NC(=O)CN(C)S(=O)(=O)c2c(C)cc(C)cc2C)ccc1OCc1ccccc1. The molecule has 190 valence electrons. The number of sulfonamides is 1. The van der Waals surface area contributed by atoms with Crippen LogP contribution in [0.1, 0.15) is 27.8 Å². The van der Waals surface area contributed by atoms with Crippen LogP contribution in [0.25, 0.3) is 0 Å². The maximum atomic E-state index is 13.0. The number of hydrazone groups is 1. The van der Waals surface area contributed by atoms with Crippen molar-refractivity contribution in [3.8, 4) is 11.5 Å². The summed E-state index contributed by atoms with van der Waals surface area (Å²) in [6.07, 6.45) is 1.45. The Balaban J connectivity index is 1.60. The summed E-state index contributed by atoms with van der Waals surface area (Å²) in [6, 6.07) is 18.7. The number of aryl methyl sites for hydroxylation is 3. The molecule has 0 saturated carbocycles. The molecule has 0 spiro atoms. The van der Waals surface area contributed by atoms with Crippen LogP contribution in [-0.4, -0.2) is 45.5 Å². The van der Waals surface area contributed by atoms with E-state index in [2.05, 4.69) is 10.5 Å².